The third-order valence-electron chi connectivity index (χ3n) is 3.69. The van der Waals surface area contributed by atoms with Gasteiger partial charge in [0.25, 0.3) is 5.91 Å². The van der Waals surface area contributed by atoms with E-state index in [4.69, 9.17) is 4.74 Å². The van der Waals surface area contributed by atoms with Gasteiger partial charge in [0.15, 0.2) is 5.13 Å². The molecule has 0 bridgehead atoms. The van der Waals surface area contributed by atoms with Gasteiger partial charge in [-0.15, -0.1) is 11.3 Å². The lowest BCUT2D eigenvalue weighted by atomic mass is 10.2. The first-order chi connectivity index (χ1) is 12.7. The molecule has 2 aromatic heterocycles. The van der Waals surface area contributed by atoms with E-state index in [0.29, 0.717) is 23.1 Å². The third-order valence-corrected chi connectivity index (χ3v) is 5.46. The maximum Gasteiger partial charge on any atom is 0.261 e. The van der Waals surface area contributed by atoms with Crippen molar-refractivity contribution in [2.75, 3.05) is 5.32 Å². The minimum Gasteiger partial charge on any atom is -0.486 e. The van der Waals surface area contributed by atoms with Crippen LogP contribution in [0.2, 0.25) is 0 Å². The van der Waals surface area contributed by atoms with Gasteiger partial charge in [-0.25, -0.2) is 9.97 Å². The number of fused-ring (bicyclic) bond motifs is 1. The number of rotatable bonds is 5. The number of hydrogen-bond donors (Lipinski definition) is 1. The Balaban J connectivity index is 1.52. The zero-order valence-corrected chi connectivity index (χ0v) is 15.6. The number of nitrogens with one attached hydrogen (secondary N) is 1. The average molecular weight is 381 g/mol. The van der Waals surface area contributed by atoms with Crippen molar-refractivity contribution in [1.82, 2.24) is 9.97 Å². The number of nitrogens with zero attached hydrogens (tertiary/aromatic N) is 2. The summed E-state index contributed by atoms with van der Waals surface area (Å²) in [5.74, 6) is 0.283. The van der Waals surface area contributed by atoms with E-state index in [0.717, 1.165) is 20.9 Å². The number of carbonyl (C=O) groups is 1. The summed E-state index contributed by atoms with van der Waals surface area (Å²) < 4.78 is 6.85. The largest absolute Gasteiger partial charge is 0.486 e. The molecule has 0 aliphatic heterocycles. The second-order valence-corrected chi connectivity index (χ2v) is 7.68. The number of benzene rings is 2. The molecule has 0 fully saturated rings. The number of thiazole rings is 2. The van der Waals surface area contributed by atoms with E-state index in [9.17, 15) is 4.79 Å². The number of carbonyl (C=O) groups excluding carboxylic acids is 1. The van der Waals surface area contributed by atoms with Crippen molar-refractivity contribution in [3.8, 4) is 5.75 Å². The van der Waals surface area contributed by atoms with E-state index >= 15 is 0 Å². The van der Waals surface area contributed by atoms with Gasteiger partial charge in [-0.1, -0.05) is 35.6 Å². The fourth-order valence-corrected chi connectivity index (χ4v) is 3.95. The van der Waals surface area contributed by atoms with Gasteiger partial charge in [0.2, 0.25) is 0 Å². The molecular weight excluding hydrogens is 366 g/mol. The Morgan fingerprint density at radius 3 is 2.73 bits per heavy atom. The van der Waals surface area contributed by atoms with E-state index in [1.807, 2.05) is 48.7 Å². The van der Waals surface area contributed by atoms with Crippen LogP contribution in [0.5, 0.6) is 5.75 Å². The molecule has 0 atom stereocenters. The molecule has 2 heterocycles. The van der Waals surface area contributed by atoms with Crippen molar-refractivity contribution in [3.05, 3.63) is 70.2 Å². The van der Waals surface area contributed by atoms with Crippen molar-refractivity contribution < 1.29 is 9.53 Å². The van der Waals surface area contributed by atoms with E-state index in [1.54, 1.807) is 23.5 Å². The van der Waals surface area contributed by atoms with Crippen LogP contribution in [0.25, 0.3) is 10.2 Å². The Morgan fingerprint density at radius 1 is 1.12 bits per heavy atom. The summed E-state index contributed by atoms with van der Waals surface area (Å²) in [5.41, 5.74) is 2.20. The highest BCUT2D eigenvalue weighted by Gasteiger charge is 2.15. The molecular formula is C19H15N3O2S2. The fraction of sp³-hybridized carbons (Fsp3) is 0.105. The Labute approximate surface area is 158 Å². The quantitative estimate of drug-likeness (QED) is 0.534. The van der Waals surface area contributed by atoms with Gasteiger partial charge in [0.1, 0.15) is 12.4 Å². The SMILES string of the molecule is Cc1nc(COc2ccccc2C(=O)Nc2nc3ccccc3s2)cs1. The summed E-state index contributed by atoms with van der Waals surface area (Å²) >= 11 is 3.02. The molecule has 0 radical (unpaired) electrons. The number of anilines is 1. The predicted octanol–water partition coefficient (Wildman–Crippen LogP) is 4.89. The molecule has 0 unspecified atom stereocenters. The molecule has 4 rings (SSSR count). The van der Waals surface area contributed by atoms with Gasteiger partial charge < -0.3 is 4.74 Å². The third kappa shape index (κ3) is 3.58. The van der Waals surface area contributed by atoms with Gasteiger partial charge in [0.05, 0.1) is 26.5 Å². The first-order valence-electron chi connectivity index (χ1n) is 7.99. The van der Waals surface area contributed by atoms with Crippen LogP contribution < -0.4 is 10.1 Å². The molecule has 0 aliphatic rings. The zero-order valence-electron chi connectivity index (χ0n) is 13.9. The molecule has 0 spiro atoms. The topological polar surface area (TPSA) is 64.1 Å². The number of aryl methyl sites for hydroxylation is 1. The van der Waals surface area contributed by atoms with Gasteiger partial charge in [-0.3, -0.25) is 10.1 Å². The van der Waals surface area contributed by atoms with E-state index in [-0.39, 0.29) is 5.91 Å². The number of amides is 1. The van der Waals surface area contributed by atoms with Crippen molar-refractivity contribution in [2.45, 2.75) is 13.5 Å². The van der Waals surface area contributed by atoms with Crippen molar-refractivity contribution in [1.29, 1.82) is 0 Å². The van der Waals surface area contributed by atoms with Gasteiger partial charge in [-0.05, 0) is 31.2 Å². The van der Waals surface area contributed by atoms with Crippen molar-refractivity contribution in [2.24, 2.45) is 0 Å². The second-order valence-electron chi connectivity index (χ2n) is 5.58. The number of aromatic nitrogens is 2. The molecule has 0 saturated carbocycles. The van der Waals surface area contributed by atoms with Crippen LogP contribution >= 0.6 is 22.7 Å². The average Bonchev–Trinajstić information content (AvgIpc) is 3.25. The molecule has 1 N–H and O–H groups in total. The smallest absolute Gasteiger partial charge is 0.261 e. The fourth-order valence-electron chi connectivity index (χ4n) is 2.50. The highest BCUT2D eigenvalue weighted by atomic mass is 32.1. The first kappa shape index (κ1) is 16.7. The Morgan fingerprint density at radius 2 is 1.92 bits per heavy atom. The van der Waals surface area contributed by atoms with Gasteiger partial charge in [0, 0.05) is 5.38 Å². The zero-order chi connectivity index (χ0) is 17.9. The maximum atomic E-state index is 12.7. The van der Waals surface area contributed by atoms with E-state index in [2.05, 4.69) is 15.3 Å². The molecule has 1 amide bonds. The minimum absolute atomic E-state index is 0.242. The van der Waals surface area contributed by atoms with Crippen molar-refractivity contribution >= 4 is 43.9 Å². The van der Waals surface area contributed by atoms with Crippen molar-refractivity contribution in [3.63, 3.8) is 0 Å². The molecule has 26 heavy (non-hydrogen) atoms. The molecule has 0 aliphatic carbocycles. The molecule has 4 aromatic rings. The highest BCUT2D eigenvalue weighted by Crippen LogP contribution is 2.27. The Bertz CT molecular complexity index is 1040. The first-order valence-corrected chi connectivity index (χ1v) is 9.68. The predicted molar refractivity (Wildman–Crippen MR) is 105 cm³/mol. The molecule has 7 heteroatoms. The lowest BCUT2D eigenvalue weighted by Gasteiger charge is -2.10. The van der Waals surface area contributed by atoms with Crippen LogP contribution in [0.1, 0.15) is 21.1 Å². The second kappa shape index (κ2) is 7.23. The van der Waals surface area contributed by atoms with Crippen LogP contribution in [0.4, 0.5) is 5.13 Å². The van der Waals surface area contributed by atoms with Crippen LogP contribution in [-0.4, -0.2) is 15.9 Å². The summed E-state index contributed by atoms with van der Waals surface area (Å²) in [6, 6.07) is 15.0. The minimum atomic E-state index is -0.242. The molecule has 2 aromatic carbocycles. The lowest BCUT2D eigenvalue weighted by molar-refractivity contribution is 0.102. The summed E-state index contributed by atoms with van der Waals surface area (Å²) in [6.45, 7) is 2.28. The van der Waals surface area contributed by atoms with Gasteiger partial charge >= 0.3 is 0 Å². The summed E-state index contributed by atoms with van der Waals surface area (Å²) in [6.07, 6.45) is 0. The van der Waals surface area contributed by atoms with Crippen LogP contribution in [0, 0.1) is 6.92 Å². The Hall–Kier alpha value is -2.77. The summed E-state index contributed by atoms with van der Waals surface area (Å²) in [5, 5.41) is 6.38. The lowest BCUT2D eigenvalue weighted by Crippen LogP contribution is -2.13. The van der Waals surface area contributed by atoms with E-state index in [1.165, 1.54) is 11.3 Å². The summed E-state index contributed by atoms with van der Waals surface area (Å²) in [7, 11) is 0. The maximum absolute atomic E-state index is 12.7. The van der Waals surface area contributed by atoms with E-state index < -0.39 is 0 Å². The highest BCUT2D eigenvalue weighted by molar-refractivity contribution is 7.22. The normalized spacial score (nSPS) is 10.8. The van der Waals surface area contributed by atoms with Crippen LogP contribution in [0.3, 0.4) is 0 Å². The molecule has 0 saturated heterocycles. The van der Waals surface area contributed by atoms with Gasteiger partial charge in [-0.2, -0.15) is 0 Å². The monoisotopic (exact) mass is 381 g/mol. The number of hydrogen-bond acceptors (Lipinski definition) is 6. The molecule has 130 valence electrons. The molecule has 5 nitrogen and oxygen atoms in total. The number of para-hydroxylation sites is 2. The standard InChI is InChI=1S/C19H15N3O2S2/c1-12-20-13(11-25-12)10-24-16-8-4-2-6-14(16)18(23)22-19-21-15-7-3-5-9-17(15)26-19/h2-9,11H,10H2,1H3,(H,21,22,23). The van der Waals surface area contributed by atoms with Crippen LogP contribution in [-0.2, 0) is 6.61 Å². The van der Waals surface area contributed by atoms with Crippen LogP contribution in [0.15, 0.2) is 53.9 Å². The Kier molecular flexibility index (Phi) is 4.64. The number of ether oxygens (including phenoxy) is 1. The summed E-state index contributed by atoms with van der Waals surface area (Å²) in [4.78, 5) is 21.5.